The highest BCUT2D eigenvalue weighted by Gasteiger charge is 2.35. The van der Waals surface area contributed by atoms with Gasteiger partial charge in [0, 0.05) is 19.1 Å². The van der Waals surface area contributed by atoms with Crippen LogP contribution in [0.15, 0.2) is 24.3 Å². The van der Waals surface area contributed by atoms with E-state index >= 15 is 0 Å². The van der Waals surface area contributed by atoms with Crippen molar-refractivity contribution in [2.75, 3.05) is 26.8 Å². The molecule has 116 valence electrons. The predicted octanol–water partition coefficient (Wildman–Crippen LogP) is 1.66. The summed E-state index contributed by atoms with van der Waals surface area (Å²) in [7, 11) is 1.61. The van der Waals surface area contributed by atoms with Gasteiger partial charge in [-0.25, -0.2) is 0 Å². The molecule has 0 saturated carbocycles. The van der Waals surface area contributed by atoms with Gasteiger partial charge in [-0.3, -0.25) is 4.79 Å². The van der Waals surface area contributed by atoms with Crippen LogP contribution in [-0.2, 0) is 4.79 Å². The molecule has 1 fully saturated rings. The monoisotopic (exact) mass is 292 g/mol. The number of piperidine rings is 1. The van der Waals surface area contributed by atoms with Crippen molar-refractivity contribution in [1.29, 1.82) is 0 Å². The number of hydrogen-bond acceptors (Lipinski definition) is 4. The fourth-order valence-electron chi connectivity index (χ4n) is 2.50. The highest BCUT2D eigenvalue weighted by molar-refractivity contribution is 5.78. The maximum atomic E-state index is 12.2. The molecule has 1 aliphatic rings. The average molecular weight is 292 g/mol. The summed E-state index contributed by atoms with van der Waals surface area (Å²) < 4.78 is 10.6. The number of hydrogen-bond donors (Lipinski definition) is 1. The maximum absolute atomic E-state index is 12.2. The number of likely N-dealkylation sites (tertiary alicyclic amines) is 1. The van der Waals surface area contributed by atoms with Gasteiger partial charge < -0.3 is 20.1 Å². The van der Waals surface area contributed by atoms with E-state index in [2.05, 4.69) is 13.8 Å². The van der Waals surface area contributed by atoms with Crippen molar-refractivity contribution in [1.82, 2.24) is 4.90 Å². The number of amides is 1. The molecule has 1 atom stereocenters. The van der Waals surface area contributed by atoms with Crippen LogP contribution in [-0.4, -0.2) is 43.7 Å². The van der Waals surface area contributed by atoms with E-state index in [1.807, 2.05) is 17.0 Å². The van der Waals surface area contributed by atoms with E-state index < -0.39 is 0 Å². The molecule has 1 unspecified atom stereocenters. The van der Waals surface area contributed by atoms with Gasteiger partial charge in [-0.15, -0.1) is 0 Å². The Labute approximate surface area is 126 Å². The second kappa shape index (κ2) is 6.35. The summed E-state index contributed by atoms with van der Waals surface area (Å²) in [5.74, 6) is 1.43. The van der Waals surface area contributed by atoms with Crippen molar-refractivity contribution >= 4 is 5.91 Å². The Morgan fingerprint density at radius 3 is 2.52 bits per heavy atom. The van der Waals surface area contributed by atoms with Gasteiger partial charge >= 0.3 is 0 Å². The molecule has 1 aromatic rings. The third-order valence-corrected chi connectivity index (χ3v) is 4.09. The largest absolute Gasteiger partial charge is 0.497 e. The topological polar surface area (TPSA) is 64.8 Å². The van der Waals surface area contributed by atoms with E-state index in [-0.39, 0.29) is 24.0 Å². The number of ether oxygens (including phenoxy) is 2. The lowest BCUT2D eigenvalue weighted by Gasteiger charge is -2.42. The molecule has 0 aromatic heterocycles. The molecule has 5 nitrogen and oxygen atoms in total. The molecule has 5 heteroatoms. The van der Waals surface area contributed by atoms with Gasteiger partial charge in [0.15, 0.2) is 6.61 Å². The normalized spacial score (nSPS) is 21.0. The van der Waals surface area contributed by atoms with Crippen LogP contribution in [0, 0.1) is 5.41 Å². The van der Waals surface area contributed by atoms with E-state index in [9.17, 15) is 4.79 Å². The van der Waals surface area contributed by atoms with E-state index in [4.69, 9.17) is 15.2 Å². The standard InChI is InChI=1S/C16H24N2O3/c1-16(2)11-18(9-8-14(16)17)15(19)10-21-13-6-4-12(20-3)5-7-13/h4-7,14H,8-11,17H2,1-3H3. The fourth-order valence-corrected chi connectivity index (χ4v) is 2.50. The first-order chi connectivity index (χ1) is 9.92. The average Bonchev–Trinajstić information content (AvgIpc) is 2.48. The van der Waals surface area contributed by atoms with Crippen LogP contribution in [0.3, 0.4) is 0 Å². The molecular formula is C16H24N2O3. The third kappa shape index (κ3) is 3.88. The van der Waals surface area contributed by atoms with E-state index in [1.54, 1.807) is 19.2 Å². The van der Waals surface area contributed by atoms with Crippen LogP contribution in [0.1, 0.15) is 20.3 Å². The summed E-state index contributed by atoms with van der Waals surface area (Å²) in [6.45, 7) is 5.63. The second-order valence-corrected chi connectivity index (χ2v) is 6.16. The molecule has 0 aliphatic carbocycles. The lowest BCUT2D eigenvalue weighted by atomic mass is 9.80. The highest BCUT2D eigenvalue weighted by Crippen LogP contribution is 2.27. The summed E-state index contributed by atoms with van der Waals surface area (Å²) in [4.78, 5) is 14.1. The molecule has 21 heavy (non-hydrogen) atoms. The van der Waals surface area contributed by atoms with Crippen LogP contribution in [0.2, 0.25) is 0 Å². The molecule has 0 bridgehead atoms. The summed E-state index contributed by atoms with van der Waals surface area (Å²) >= 11 is 0. The molecule has 0 spiro atoms. The Balaban J connectivity index is 1.86. The SMILES string of the molecule is COc1ccc(OCC(=O)N2CCC(N)C(C)(C)C2)cc1. The Morgan fingerprint density at radius 1 is 1.33 bits per heavy atom. The zero-order valence-electron chi connectivity index (χ0n) is 13.0. The van der Waals surface area contributed by atoms with Crippen LogP contribution >= 0.6 is 0 Å². The Morgan fingerprint density at radius 2 is 1.95 bits per heavy atom. The highest BCUT2D eigenvalue weighted by atomic mass is 16.5. The van der Waals surface area contributed by atoms with E-state index in [0.717, 1.165) is 12.2 Å². The van der Waals surface area contributed by atoms with Gasteiger partial charge in [0.25, 0.3) is 5.91 Å². The van der Waals surface area contributed by atoms with Crippen LogP contribution < -0.4 is 15.2 Å². The molecule has 1 aliphatic heterocycles. The number of carbonyl (C=O) groups excluding carboxylic acids is 1. The number of rotatable bonds is 4. The zero-order valence-corrected chi connectivity index (χ0v) is 13.0. The Kier molecular flexibility index (Phi) is 4.73. The number of nitrogens with two attached hydrogens (primary N) is 1. The smallest absolute Gasteiger partial charge is 0.260 e. The quantitative estimate of drug-likeness (QED) is 0.916. The lowest BCUT2D eigenvalue weighted by molar-refractivity contribution is -0.136. The summed E-state index contributed by atoms with van der Waals surface area (Å²) in [5.41, 5.74) is 6.04. The molecular weight excluding hydrogens is 268 g/mol. The van der Waals surface area contributed by atoms with Crippen LogP contribution in [0.5, 0.6) is 11.5 Å². The van der Waals surface area contributed by atoms with Crippen LogP contribution in [0.25, 0.3) is 0 Å². The Hall–Kier alpha value is -1.75. The van der Waals surface area contributed by atoms with Gasteiger partial charge in [0.2, 0.25) is 0 Å². The molecule has 2 rings (SSSR count). The van der Waals surface area contributed by atoms with Gasteiger partial charge in [-0.05, 0) is 36.1 Å². The minimum atomic E-state index is -0.0476. The molecule has 1 heterocycles. The minimum absolute atomic E-state index is 0.00536. The first-order valence-electron chi connectivity index (χ1n) is 7.22. The van der Waals surface area contributed by atoms with Crippen molar-refractivity contribution in [2.45, 2.75) is 26.3 Å². The maximum Gasteiger partial charge on any atom is 0.260 e. The number of methoxy groups -OCH3 is 1. The summed E-state index contributed by atoms with van der Waals surface area (Å²) in [6, 6.07) is 7.35. The van der Waals surface area contributed by atoms with Crippen molar-refractivity contribution in [3.63, 3.8) is 0 Å². The summed E-state index contributed by atoms with van der Waals surface area (Å²) in [6.07, 6.45) is 0.835. The predicted molar refractivity (Wildman–Crippen MR) is 81.4 cm³/mol. The second-order valence-electron chi connectivity index (χ2n) is 6.16. The van der Waals surface area contributed by atoms with Gasteiger partial charge in [0.05, 0.1) is 7.11 Å². The molecule has 0 radical (unpaired) electrons. The number of benzene rings is 1. The van der Waals surface area contributed by atoms with Gasteiger partial charge in [-0.1, -0.05) is 13.8 Å². The van der Waals surface area contributed by atoms with Crippen molar-refractivity contribution in [3.8, 4) is 11.5 Å². The van der Waals surface area contributed by atoms with E-state index in [0.29, 0.717) is 18.8 Å². The first-order valence-corrected chi connectivity index (χ1v) is 7.22. The van der Waals surface area contributed by atoms with Crippen molar-refractivity contribution in [2.24, 2.45) is 11.1 Å². The van der Waals surface area contributed by atoms with Crippen LogP contribution in [0.4, 0.5) is 0 Å². The van der Waals surface area contributed by atoms with E-state index in [1.165, 1.54) is 0 Å². The van der Waals surface area contributed by atoms with Crippen molar-refractivity contribution < 1.29 is 14.3 Å². The fraction of sp³-hybridized carbons (Fsp3) is 0.562. The van der Waals surface area contributed by atoms with Gasteiger partial charge in [-0.2, -0.15) is 0 Å². The van der Waals surface area contributed by atoms with Gasteiger partial charge in [0.1, 0.15) is 11.5 Å². The lowest BCUT2D eigenvalue weighted by Crippen LogP contribution is -2.54. The molecule has 1 aromatic carbocycles. The Bertz CT molecular complexity index is 485. The zero-order chi connectivity index (χ0) is 15.5. The van der Waals surface area contributed by atoms with Crippen molar-refractivity contribution in [3.05, 3.63) is 24.3 Å². The number of nitrogens with zero attached hydrogens (tertiary/aromatic N) is 1. The molecule has 1 amide bonds. The first kappa shape index (κ1) is 15.6. The third-order valence-electron chi connectivity index (χ3n) is 4.09. The molecule has 2 N–H and O–H groups in total. The number of carbonyl (C=O) groups is 1. The minimum Gasteiger partial charge on any atom is -0.497 e. The molecule has 1 saturated heterocycles. The summed E-state index contributed by atoms with van der Waals surface area (Å²) in [5, 5.41) is 0.